The van der Waals surface area contributed by atoms with Crippen molar-refractivity contribution in [2.75, 3.05) is 17.3 Å². The fourth-order valence-electron chi connectivity index (χ4n) is 1.78. The van der Waals surface area contributed by atoms with Crippen LogP contribution in [0.1, 0.15) is 5.56 Å². The van der Waals surface area contributed by atoms with E-state index in [1.165, 1.54) is 24.3 Å². The van der Waals surface area contributed by atoms with Gasteiger partial charge < -0.3 is 11.1 Å². The maximum atomic E-state index is 13.0. The molecule has 0 atom stereocenters. The highest BCUT2D eigenvalue weighted by atomic mass is 32.2. The van der Waals surface area contributed by atoms with E-state index in [1.54, 1.807) is 18.2 Å². The zero-order valence-electron chi connectivity index (χ0n) is 10.9. The topological polar surface area (TPSA) is 72.2 Å². The second kappa shape index (κ2) is 5.50. The summed E-state index contributed by atoms with van der Waals surface area (Å²) >= 11 is 0. The molecule has 2 aromatic carbocycles. The number of benzene rings is 2. The number of nitrogen functional groups attached to an aromatic ring is 1. The van der Waals surface area contributed by atoms with Gasteiger partial charge in [0.1, 0.15) is 5.82 Å². The van der Waals surface area contributed by atoms with Gasteiger partial charge in [0.05, 0.1) is 16.3 Å². The SMILES string of the molecule is CS(=O)(=O)c1ccc(NCc2cccc(F)c2)c(N)c1. The molecule has 4 nitrogen and oxygen atoms in total. The average Bonchev–Trinajstić information content (AvgIpc) is 2.36. The molecule has 0 bridgehead atoms. The predicted octanol–water partition coefficient (Wildman–Crippen LogP) is 2.42. The Hall–Kier alpha value is -2.08. The maximum Gasteiger partial charge on any atom is 0.175 e. The van der Waals surface area contributed by atoms with Crippen molar-refractivity contribution < 1.29 is 12.8 Å². The van der Waals surface area contributed by atoms with E-state index in [4.69, 9.17) is 5.73 Å². The van der Waals surface area contributed by atoms with Crippen molar-refractivity contribution in [1.82, 2.24) is 0 Å². The van der Waals surface area contributed by atoms with E-state index in [-0.39, 0.29) is 10.7 Å². The van der Waals surface area contributed by atoms with E-state index in [2.05, 4.69) is 5.32 Å². The van der Waals surface area contributed by atoms with Crippen LogP contribution in [0.5, 0.6) is 0 Å². The summed E-state index contributed by atoms with van der Waals surface area (Å²) in [4.78, 5) is 0.173. The van der Waals surface area contributed by atoms with Crippen molar-refractivity contribution in [2.45, 2.75) is 11.4 Å². The largest absolute Gasteiger partial charge is 0.397 e. The van der Waals surface area contributed by atoms with Crippen LogP contribution in [0.4, 0.5) is 15.8 Å². The van der Waals surface area contributed by atoms with Crippen molar-refractivity contribution >= 4 is 21.2 Å². The molecule has 0 amide bonds. The van der Waals surface area contributed by atoms with Crippen molar-refractivity contribution in [2.24, 2.45) is 0 Å². The molecule has 0 spiro atoms. The molecule has 0 saturated heterocycles. The third-order valence-electron chi connectivity index (χ3n) is 2.82. The van der Waals surface area contributed by atoms with Crippen LogP contribution in [0.2, 0.25) is 0 Å². The van der Waals surface area contributed by atoms with Crippen molar-refractivity contribution in [3.63, 3.8) is 0 Å². The van der Waals surface area contributed by atoms with Gasteiger partial charge in [-0.05, 0) is 35.9 Å². The molecule has 6 heteroatoms. The van der Waals surface area contributed by atoms with Crippen LogP contribution in [0.25, 0.3) is 0 Å². The summed E-state index contributed by atoms with van der Waals surface area (Å²) in [5.41, 5.74) is 7.54. The van der Waals surface area contributed by atoms with Gasteiger partial charge in [0.2, 0.25) is 0 Å². The summed E-state index contributed by atoms with van der Waals surface area (Å²) in [6, 6.07) is 10.7. The van der Waals surface area contributed by atoms with E-state index < -0.39 is 9.84 Å². The number of anilines is 2. The number of sulfone groups is 1. The fraction of sp³-hybridized carbons (Fsp3) is 0.143. The molecule has 0 aliphatic carbocycles. The first-order chi connectivity index (χ1) is 9.36. The Morgan fingerprint density at radius 3 is 2.55 bits per heavy atom. The summed E-state index contributed by atoms with van der Waals surface area (Å²) in [7, 11) is -3.27. The molecule has 0 aromatic heterocycles. The third-order valence-corrected chi connectivity index (χ3v) is 3.93. The first-order valence-electron chi connectivity index (χ1n) is 5.94. The lowest BCUT2D eigenvalue weighted by atomic mass is 10.2. The van der Waals surface area contributed by atoms with Crippen LogP contribution >= 0.6 is 0 Å². The van der Waals surface area contributed by atoms with Gasteiger partial charge in [0.15, 0.2) is 9.84 Å². The van der Waals surface area contributed by atoms with Gasteiger partial charge in [-0.25, -0.2) is 12.8 Å². The summed E-state index contributed by atoms with van der Waals surface area (Å²) < 4.78 is 35.8. The number of hydrogen-bond donors (Lipinski definition) is 2. The number of rotatable bonds is 4. The molecule has 0 saturated carbocycles. The number of nitrogens with two attached hydrogens (primary N) is 1. The van der Waals surface area contributed by atoms with Crippen LogP contribution in [0.15, 0.2) is 47.4 Å². The van der Waals surface area contributed by atoms with Gasteiger partial charge in [-0.15, -0.1) is 0 Å². The lowest BCUT2D eigenvalue weighted by molar-refractivity contribution is 0.602. The molecule has 0 heterocycles. The highest BCUT2D eigenvalue weighted by Gasteiger charge is 2.09. The van der Waals surface area contributed by atoms with E-state index in [0.717, 1.165) is 11.8 Å². The Morgan fingerprint density at radius 1 is 1.20 bits per heavy atom. The Kier molecular flexibility index (Phi) is 3.94. The summed E-state index contributed by atoms with van der Waals surface area (Å²) in [5.74, 6) is -0.301. The molecule has 0 radical (unpaired) electrons. The van der Waals surface area contributed by atoms with Crippen LogP contribution < -0.4 is 11.1 Å². The standard InChI is InChI=1S/C14H15FN2O2S/c1-20(18,19)12-5-6-14(13(16)8-12)17-9-10-3-2-4-11(15)7-10/h2-8,17H,9,16H2,1H3. The molecule has 3 N–H and O–H groups in total. The molecule has 0 aliphatic rings. The molecular weight excluding hydrogens is 279 g/mol. The van der Waals surface area contributed by atoms with Gasteiger partial charge in [0, 0.05) is 12.8 Å². The maximum absolute atomic E-state index is 13.0. The molecule has 2 aromatic rings. The Balaban J connectivity index is 2.15. The molecule has 2 rings (SSSR count). The highest BCUT2D eigenvalue weighted by Crippen LogP contribution is 2.23. The fourth-order valence-corrected chi connectivity index (χ4v) is 2.43. The minimum absolute atomic E-state index is 0.173. The zero-order chi connectivity index (χ0) is 14.8. The van der Waals surface area contributed by atoms with Crippen LogP contribution in [-0.2, 0) is 16.4 Å². The number of nitrogens with one attached hydrogen (secondary N) is 1. The van der Waals surface area contributed by atoms with Gasteiger partial charge >= 0.3 is 0 Å². The van der Waals surface area contributed by atoms with Gasteiger partial charge in [-0.2, -0.15) is 0 Å². The van der Waals surface area contributed by atoms with Crippen LogP contribution in [0, 0.1) is 5.82 Å². The number of hydrogen-bond acceptors (Lipinski definition) is 4. The first kappa shape index (κ1) is 14.3. The normalized spacial score (nSPS) is 11.3. The van der Waals surface area contributed by atoms with Crippen LogP contribution in [-0.4, -0.2) is 14.7 Å². The Labute approximate surface area is 117 Å². The van der Waals surface area contributed by atoms with Gasteiger partial charge in [0.25, 0.3) is 0 Å². The van der Waals surface area contributed by atoms with E-state index in [9.17, 15) is 12.8 Å². The molecule has 0 aliphatic heterocycles. The quantitative estimate of drug-likeness (QED) is 0.849. The summed E-state index contributed by atoms with van der Waals surface area (Å²) in [6.45, 7) is 0.403. The lowest BCUT2D eigenvalue weighted by Gasteiger charge is -2.10. The first-order valence-corrected chi connectivity index (χ1v) is 7.83. The van der Waals surface area contributed by atoms with Gasteiger partial charge in [-0.3, -0.25) is 0 Å². The minimum atomic E-state index is -3.27. The third kappa shape index (κ3) is 3.48. The van der Waals surface area contributed by atoms with Crippen molar-refractivity contribution in [1.29, 1.82) is 0 Å². The summed E-state index contributed by atoms with van der Waals surface area (Å²) in [5, 5.41) is 3.05. The second-order valence-corrected chi connectivity index (χ2v) is 6.52. The number of halogens is 1. The molecule has 0 unspecified atom stereocenters. The van der Waals surface area contributed by atoms with Crippen molar-refractivity contribution in [3.8, 4) is 0 Å². The van der Waals surface area contributed by atoms with E-state index >= 15 is 0 Å². The summed E-state index contributed by atoms with van der Waals surface area (Å²) in [6.07, 6.45) is 1.13. The Morgan fingerprint density at radius 2 is 1.95 bits per heavy atom. The molecule has 0 fully saturated rings. The lowest BCUT2D eigenvalue weighted by Crippen LogP contribution is -2.04. The highest BCUT2D eigenvalue weighted by molar-refractivity contribution is 7.90. The van der Waals surface area contributed by atoms with E-state index in [1.807, 2.05) is 0 Å². The molecule has 20 heavy (non-hydrogen) atoms. The molecule has 106 valence electrons. The van der Waals surface area contributed by atoms with Crippen LogP contribution in [0.3, 0.4) is 0 Å². The van der Waals surface area contributed by atoms with E-state index in [0.29, 0.717) is 17.9 Å². The average molecular weight is 294 g/mol. The second-order valence-electron chi connectivity index (χ2n) is 4.50. The smallest absolute Gasteiger partial charge is 0.175 e. The molecular formula is C14H15FN2O2S. The minimum Gasteiger partial charge on any atom is -0.397 e. The Bertz CT molecular complexity index is 730. The van der Waals surface area contributed by atoms with Gasteiger partial charge in [-0.1, -0.05) is 12.1 Å². The predicted molar refractivity (Wildman–Crippen MR) is 77.7 cm³/mol. The monoisotopic (exact) mass is 294 g/mol. The zero-order valence-corrected chi connectivity index (χ0v) is 11.7. The van der Waals surface area contributed by atoms with Crippen molar-refractivity contribution in [3.05, 3.63) is 53.8 Å².